The monoisotopic (exact) mass is 412 g/mol. The van der Waals surface area contributed by atoms with Crippen molar-refractivity contribution in [2.24, 2.45) is 0 Å². The summed E-state index contributed by atoms with van der Waals surface area (Å²) in [6.45, 7) is 0. The van der Waals surface area contributed by atoms with E-state index in [-0.39, 0.29) is 0 Å². The number of rotatable bonds is 20. The molecule has 24 heavy (non-hydrogen) atoms. The van der Waals surface area contributed by atoms with Gasteiger partial charge >= 0.3 is 0 Å². The second-order valence-electron chi connectivity index (χ2n) is 7.27. The molecular formula is C20H42Cl2SSi. The van der Waals surface area contributed by atoms with Crippen LogP contribution in [0.5, 0.6) is 0 Å². The lowest BCUT2D eigenvalue weighted by molar-refractivity contribution is 0.526. The van der Waals surface area contributed by atoms with Crippen LogP contribution in [0.1, 0.15) is 116 Å². The topological polar surface area (TPSA) is 0 Å². The van der Waals surface area contributed by atoms with E-state index in [9.17, 15) is 0 Å². The van der Waals surface area contributed by atoms with Crippen molar-refractivity contribution in [1.82, 2.24) is 0 Å². The van der Waals surface area contributed by atoms with Crippen molar-refractivity contribution in [3.63, 3.8) is 0 Å². The van der Waals surface area contributed by atoms with Gasteiger partial charge in [0.2, 0.25) is 7.42 Å². The molecule has 0 aromatic heterocycles. The van der Waals surface area contributed by atoms with Gasteiger partial charge in [0.1, 0.15) is 0 Å². The molecule has 0 fully saturated rings. The predicted octanol–water partition coefficient (Wildman–Crippen LogP) is 8.64. The molecule has 0 aromatic rings. The smallest absolute Gasteiger partial charge is 0.179 e. The van der Waals surface area contributed by atoms with Crippen molar-refractivity contribution < 1.29 is 0 Å². The summed E-state index contributed by atoms with van der Waals surface area (Å²) in [5.41, 5.74) is 0. The van der Waals surface area contributed by atoms with Crippen molar-refractivity contribution in [2.75, 3.05) is 5.75 Å². The minimum atomic E-state index is -1.33. The zero-order valence-corrected chi connectivity index (χ0v) is 19.5. The Morgan fingerprint density at radius 2 is 0.667 bits per heavy atom. The maximum atomic E-state index is 5.86. The van der Waals surface area contributed by atoms with Gasteiger partial charge in [-0.05, 0) is 18.2 Å². The highest BCUT2D eigenvalue weighted by atomic mass is 35.7. The molecule has 0 N–H and O–H groups in total. The molecule has 0 aliphatic rings. The number of unbranched alkanes of at least 4 members (excludes halogenated alkanes) is 17. The lowest BCUT2D eigenvalue weighted by Gasteiger charge is -2.04. The van der Waals surface area contributed by atoms with E-state index in [1.165, 1.54) is 116 Å². The second kappa shape index (κ2) is 22.2. The van der Waals surface area contributed by atoms with Crippen LogP contribution in [-0.2, 0) is 0 Å². The molecule has 0 radical (unpaired) electrons. The third kappa shape index (κ3) is 23.1. The fourth-order valence-electron chi connectivity index (χ4n) is 3.24. The summed E-state index contributed by atoms with van der Waals surface area (Å²) in [6, 6.07) is 1.10. The minimum absolute atomic E-state index is 1.06. The Morgan fingerprint density at radius 1 is 0.417 bits per heavy atom. The van der Waals surface area contributed by atoms with E-state index in [1.807, 2.05) is 0 Å². The van der Waals surface area contributed by atoms with Crippen LogP contribution >= 0.6 is 34.8 Å². The molecule has 0 heterocycles. The van der Waals surface area contributed by atoms with E-state index in [1.54, 1.807) is 0 Å². The van der Waals surface area contributed by atoms with Gasteiger partial charge in [0.25, 0.3) is 0 Å². The first kappa shape index (κ1) is 25.1. The molecule has 0 saturated carbocycles. The van der Waals surface area contributed by atoms with Gasteiger partial charge in [-0.1, -0.05) is 109 Å². The zero-order chi connectivity index (χ0) is 17.7. The average molecular weight is 414 g/mol. The Labute approximate surface area is 169 Å². The molecule has 0 unspecified atom stereocenters. The molecule has 0 saturated heterocycles. The van der Waals surface area contributed by atoms with Crippen LogP contribution in [0, 0.1) is 0 Å². The molecule has 0 spiro atoms. The van der Waals surface area contributed by atoms with Crippen molar-refractivity contribution in [3.8, 4) is 0 Å². The molecule has 0 aromatic carbocycles. The third-order valence-electron chi connectivity index (χ3n) is 4.83. The molecule has 0 aliphatic carbocycles. The van der Waals surface area contributed by atoms with Crippen LogP contribution in [0.15, 0.2) is 0 Å². The average Bonchev–Trinajstić information content (AvgIpc) is 2.56. The van der Waals surface area contributed by atoms with E-state index >= 15 is 0 Å². The Bertz CT molecular complexity index is 228. The van der Waals surface area contributed by atoms with E-state index in [0.29, 0.717) is 0 Å². The van der Waals surface area contributed by atoms with Crippen molar-refractivity contribution in [1.29, 1.82) is 0 Å². The number of thiol groups is 1. The minimum Gasteiger partial charge on any atom is -0.179 e. The Balaban J connectivity index is 2.95. The van der Waals surface area contributed by atoms with Gasteiger partial charge in [-0.3, -0.25) is 0 Å². The summed E-state index contributed by atoms with van der Waals surface area (Å²) in [5.74, 6) is 1.06. The van der Waals surface area contributed by atoms with Gasteiger partial charge in [-0.2, -0.15) is 34.8 Å². The number of hydrogen-bond acceptors (Lipinski definition) is 1. The first-order valence-corrected chi connectivity index (χ1v) is 15.6. The Morgan fingerprint density at radius 3 is 0.917 bits per heavy atom. The first-order chi connectivity index (χ1) is 11.8. The largest absolute Gasteiger partial charge is 0.237 e. The predicted molar refractivity (Wildman–Crippen MR) is 121 cm³/mol. The fourth-order valence-corrected chi connectivity index (χ4v) is 4.99. The van der Waals surface area contributed by atoms with Gasteiger partial charge in [0.15, 0.2) is 0 Å². The fraction of sp³-hybridized carbons (Fsp3) is 1.00. The van der Waals surface area contributed by atoms with Crippen molar-refractivity contribution >= 4 is 42.2 Å². The second-order valence-corrected chi connectivity index (χ2v) is 12.9. The standard InChI is InChI=1S/C20H42Cl2SSi/c21-24(22)20-18-16-14-12-10-8-6-4-2-1-3-5-7-9-11-13-15-17-19-23/h23-24H,1-20H2. The summed E-state index contributed by atoms with van der Waals surface area (Å²) >= 11 is 16.0. The van der Waals surface area contributed by atoms with Crippen LogP contribution in [0.2, 0.25) is 6.04 Å². The Kier molecular flexibility index (Phi) is 23.2. The van der Waals surface area contributed by atoms with E-state index in [4.69, 9.17) is 22.2 Å². The third-order valence-corrected chi connectivity index (χ3v) is 7.30. The van der Waals surface area contributed by atoms with Gasteiger partial charge in [-0.25, -0.2) is 0 Å². The zero-order valence-electron chi connectivity index (χ0n) is 15.9. The van der Waals surface area contributed by atoms with Crippen LogP contribution in [0.25, 0.3) is 0 Å². The molecule has 0 nitrogen and oxygen atoms in total. The van der Waals surface area contributed by atoms with Crippen molar-refractivity contribution in [2.45, 2.75) is 122 Å². The first-order valence-electron chi connectivity index (χ1n) is 10.7. The van der Waals surface area contributed by atoms with E-state index in [2.05, 4.69) is 12.6 Å². The lowest BCUT2D eigenvalue weighted by Crippen LogP contribution is -1.91. The van der Waals surface area contributed by atoms with Crippen LogP contribution in [0.3, 0.4) is 0 Å². The summed E-state index contributed by atoms with van der Waals surface area (Å²) in [7, 11) is -1.33. The van der Waals surface area contributed by atoms with Crippen LogP contribution < -0.4 is 0 Å². The highest BCUT2D eigenvalue weighted by Gasteiger charge is 2.00. The van der Waals surface area contributed by atoms with Gasteiger partial charge in [0, 0.05) is 0 Å². The molecule has 0 bridgehead atoms. The highest BCUT2D eigenvalue weighted by molar-refractivity contribution is 7.80. The molecule has 4 heteroatoms. The lowest BCUT2D eigenvalue weighted by atomic mass is 10.0. The molecule has 146 valence electrons. The molecule has 0 atom stereocenters. The molecule has 0 rings (SSSR count). The summed E-state index contributed by atoms with van der Waals surface area (Å²) in [6.07, 6.45) is 25.4. The molecule has 0 aliphatic heterocycles. The Hall–Kier alpha value is 1.15. The van der Waals surface area contributed by atoms with Crippen LogP contribution in [-0.4, -0.2) is 13.2 Å². The van der Waals surface area contributed by atoms with Gasteiger partial charge in [0.05, 0.1) is 0 Å². The number of hydrogen-bond donors (Lipinski definition) is 1. The van der Waals surface area contributed by atoms with Gasteiger partial charge in [-0.15, -0.1) is 0 Å². The molecular weight excluding hydrogens is 371 g/mol. The van der Waals surface area contributed by atoms with Crippen LogP contribution in [0.4, 0.5) is 0 Å². The quantitative estimate of drug-likeness (QED) is 0.0878. The maximum Gasteiger partial charge on any atom is 0.237 e. The van der Waals surface area contributed by atoms with Crippen molar-refractivity contribution in [3.05, 3.63) is 0 Å². The summed E-state index contributed by atoms with van der Waals surface area (Å²) in [5, 5.41) is 0. The summed E-state index contributed by atoms with van der Waals surface area (Å²) in [4.78, 5) is 0. The normalized spacial score (nSPS) is 11.5. The van der Waals surface area contributed by atoms with E-state index < -0.39 is 7.42 Å². The SMILES string of the molecule is SCCCCCCCCCCCCCCCCCCCC[SiH](Cl)Cl. The highest BCUT2D eigenvalue weighted by Crippen LogP contribution is 2.15. The molecule has 0 amide bonds. The summed E-state index contributed by atoms with van der Waals surface area (Å²) < 4.78 is 0. The van der Waals surface area contributed by atoms with E-state index in [0.717, 1.165) is 11.8 Å². The maximum absolute atomic E-state index is 5.86. The van der Waals surface area contributed by atoms with Gasteiger partial charge < -0.3 is 0 Å². The number of halogens is 2.